The summed E-state index contributed by atoms with van der Waals surface area (Å²) in [5.41, 5.74) is -0.0402. The standard InChI is InChI=1S/C19H25NO2/c21-18(20-6-7-22-17-4-2-1-3-5-17)19-11-14-8-15(12-19)10-16(9-14)13-19/h1-5,14-16H,6-13H2,(H,20,21). The zero-order chi connectivity index (χ0) is 15.0. The third-order valence-electron chi connectivity index (χ3n) is 5.92. The summed E-state index contributed by atoms with van der Waals surface area (Å²) in [7, 11) is 0. The second-order valence-corrected chi connectivity index (χ2v) is 7.62. The van der Waals surface area contributed by atoms with Crippen molar-refractivity contribution in [2.45, 2.75) is 38.5 Å². The first-order chi connectivity index (χ1) is 10.7. The highest BCUT2D eigenvalue weighted by Gasteiger charge is 2.54. The van der Waals surface area contributed by atoms with Gasteiger partial charge in [0.15, 0.2) is 0 Å². The fourth-order valence-electron chi connectivity index (χ4n) is 5.43. The molecule has 3 nitrogen and oxygen atoms in total. The molecule has 4 saturated carbocycles. The molecule has 1 amide bonds. The van der Waals surface area contributed by atoms with Crippen LogP contribution in [0.15, 0.2) is 30.3 Å². The number of para-hydroxylation sites is 1. The van der Waals surface area contributed by atoms with Crippen LogP contribution < -0.4 is 10.1 Å². The number of ether oxygens (including phenoxy) is 1. The summed E-state index contributed by atoms with van der Waals surface area (Å²) in [6.07, 6.45) is 7.52. The summed E-state index contributed by atoms with van der Waals surface area (Å²) in [6.45, 7) is 1.15. The van der Waals surface area contributed by atoms with Gasteiger partial charge in [-0.1, -0.05) is 18.2 Å². The molecule has 0 unspecified atom stereocenters. The van der Waals surface area contributed by atoms with Gasteiger partial charge < -0.3 is 10.1 Å². The van der Waals surface area contributed by atoms with Gasteiger partial charge >= 0.3 is 0 Å². The van der Waals surface area contributed by atoms with Crippen molar-refractivity contribution in [2.75, 3.05) is 13.2 Å². The molecule has 22 heavy (non-hydrogen) atoms. The molecule has 4 aliphatic carbocycles. The van der Waals surface area contributed by atoms with E-state index in [2.05, 4.69) is 5.32 Å². The number of rotatable bonds is 5. The van der Waals surface area contributed by atoms with Crippen LogP contribution in [0.4, 0.5) is 0 Å². The minimum atomic E-state index is -0.0402. The SMILES string of the molecule is O=C(NCCOc1ccccc1)C12CC3CC(CC(C3)C1)C2. The third kappa shape index (κ3) is 2.62. The average Bonchev–Trinajstić information content (AvgIpc) is 2.51. The van der Waals surface area contributed by atoms with Crippen molar-refractivity contribution in [3.63, 3.8) is 0 Å². The van der Waals surface area contributed by atoms with E-state index in [-0.39, 0.29) is 5.41 Å². The van der Waals surface area contributed by atoms with Gasteiger partial charge in [0, 0.05) is 5.41 Å². The maximum atomic E-state index is 12.7. The summed E-state index contributed by atoms with van der Waals surface area (Å²) in [5.74, 6) is 3.61. The molecule has 1 aromatic carbocycles. The van der Waals surface area contributed by atoms with E-state index >= 15 is 0 Å². The molecule has 4 aliphatic rings. The third-order valence-corrected chi connectivity index (χ3v) is 5.92. The Bertz CT molecular complexity index is 504. The van der Waals surface area contributed by atoms with Gasteiger partial charge in [-0.15, -0.1) is 0 Å². The van der Waals surface area contributed by atoms with Crippen LogP contribution in [0.25, 0.3) is 0 Å². The first-order valence-corrected chi connectivity index (χ1v) is 8.70. The van der Waals surface area contributed by atoms with Gasteiger partial charge in [-0.05, 0) is 68.4 Å². The minimum Gasteiger partial charge on any atom is -0.492 e. The Kier molecular flexibility index (Phi) is 3.59. The molecule has 5 rings (SSSR count). The zero-order valence-electron chi connectivity index (χ0n) is 13.1. The maximum Gasteiger partial charge on any atom is 0.226 e. The van der Waals surface area contributed by atoms with Crippen molar-refractivity contribution in [3.8, 4) is 5.75 Å². The molecule has 1 aromatic rings. The van der Waals surface area contributed by atoms with E-state index < -0.39 is 0 Å². The van der Waals surface area contributed by atoms with Crippen LogP contribution in [0.3, 0.4) is 0 Å². The fraction of sp³-hybridized carbons (Fsp3) is 0.632. The lowest BCUT2D eigenvalue weighted by Gasteiger charge is -2.55. The highest BCUT2D eigenvalue weighted by molar-refractivity contribution is 5.83. The molecule has 0 atom stereocenters. The predicted octanol–water partition coefficient (Wildman–Crippen LogP) is 3.40. The number of hydrogen-bond acceptors (Lipinski definition) is 2. The largest absolute Gasteiger partial charge is 0.492 e. The zero-order valence-corrected chi connectivity index (χ0v) is 13.1. The topological polar surface area (TPSA) is 38.3 Å². The van der Waals surface area contributed by atoms with E-state index in [9.17, 15) is 4.79 Å². The highest BCUT2D eigenvalue weighted by atomic mass is 16.5. The van der Waals surface area contributed by atoms with Crippen LogP contribution in [-0.4, -0.2) is 19.1 Å². The molecule has 0 heterocycles. The average molecular weight is 299 g/mol. The monoisotopic (exact) mass is 299 g/mol. The lowest BCUT2D eigenvalue weighted by atomic mass is 9.49. The van der Waals surface area contributed by atoms with E-state index in [0.29, 0.717) is 19.1 Å². The van der Waals surface area contributed by atoms with Crippen LogP contribution in [-0.2, 0) is 4.79 Å². The molecule has 0 aromatic heterocycles. The summed E-state index contributed by atoms with van der Waals surface area (Å²) in [5, 5.41) is 3.15. The van der Waals surface area contributed by atoms with E-state index in [1.54, 1.807) is 0 Å². The van der Waals surface area contributed by atoms with Gasteiger partial charge in [0.1, 0.15) is 12.4 Å². The molecule has 4 fully saturated rings. The Morgan fingerprint density at radius 1 is 1.05 bits per heavy atom. The smallest absolute Gasteiger partial charge is 0.226 e. The van der Waals surface area contributed by atoms with Crippen molar-refractivity contribution in [2.24, 2.45) is 23.2 Å². The van der Waals surface area contributed by atoms with Gasteiger partial charge in [0.05, 0.1) is 6.54 Å². The van der Waals surface area contributed by atoms with Crippen molar-refractivity contribution in [1.29, 1.82) is 0 Å². The predicted molar refractivity (Wildman–Crippen MR) is 85.6 cm³/mol. The summed E-state index contributed by atoms with van der Waals surface area (Å²) in [4.78, 5) is 12.7. The molecule has 0 aliphatic heterocycles. The second kappa shape index (κ2) is 5.60. The number of carbonyl (C=O) groups excluding carboxylic acids is 1. The van der Waals surface area contributed by atoms with E-state index in [0.717, 1.165) is 42.8 Å². The maximum absolute atomic E-state index is 12.7. The molecule has 0 radical (unpaired) electrons. The normalized spacial score (nSPS) is 35.4. The summed E-state index contributed by atoms with van der Waals surface area (Å²) < 4.78 is 5.66. The second-order valence-electron chi connectivity index (χ2n) is 7.62. The Morgan fingerprint density at radius 2 is 1.64 bits per heavy atom. The van der Waals surface area contributed by atoms with Crippen molar-refractivity contribution >= 4 is 5.91 Å². The first-order valence-electron chi connectivity index (χ1n) is 8.70. The lowest BCUT2D eigenvalue weighted by molar-refractivity contribution is -0.146. The molecule has 0 saturated heterocycles. The molecular formula is C19H25NO2. The Labute approximate surface area is 132 Å². The minimum absolute atomic E-state index is 0.0402. The van der Waals surface area contributed by atoms with Crippen LogP contribution in [0.1, 0.15) is 38.5 Å². The Hall–Kier alpha value is -1.51. The van der Waals surface area contributed by atoms with Gasteiger partial charge in [0.2, 0.25) is 5.91 Å². The van der Waals surface area contributed by atoms with Gasteiger partial charge in [-0.25, -0.2) is 0 Å². The Balaban J connectivity index is 1.29. The number of amides is 1. The molecule has 1 N–H and O–H groups in total. The quantitative estimate of drug-likeness (QED) is 0.846. The molecule has 3 heteroatoms. The van der Waals surface area contributed by atoms with E-state index in [1.165, 1.54) is 19.3 Å². The molecular weight excluding hydrogens is 274 g/mol. The van der Waals surface area contributed by atoms with Crippen LogP contribution in [0, 0.1) is 23.2 Å². The van der Waals surface area contributed by atoms with Crippen LogP contribution >= 0.6 is 0 Å². The van der Waals surface area contributed by atoms with Crippen LogP contribution in [0.5, 0.6) is 5.75 Å². The van der Waals surface area contributed by atoms with Gasteiger partial charge in [0.25, 0.3) is 0 Å². The number of hydrogen-bond donors (Lipinski definition) is 1. The molecule has 4 bridgehead atoms. The summed E-state index contributed by atoms with van der Waals surface area (Å²) in [6, 6.07) is 9.79. The van der Waals surface area contributed by atoms with Gasteiger partial charge in [-0.3, -0.25) is 4.79 Å². The molecule has 118 valence electrons. The van der Waals surface area contributed by atoms with Crippen molar-refractivity contribution in [3.05, 3.63) is 30.3 Å². The summed E-state index contributed by atoms with van der Waals surface area (Å²) >= 11 is 0. The number of benzene rings is 1. The Morgan fingerprint density at radius 3 is 2.23 bits per heavy atom. The van der Waals surface area contributed by atoms with Crippen molar-refractivity contribution in [1.82, 2.24) is 5.32 Å². The van der Waals surface area contributed by atoms with E-state index in [1.807, 2.05) is 30.3 Å². The lowest BCUT2D eigenvalue weighted by Crippen LogP contribution is -2.54. The van der Waals surface area contributed by atoms with Crippen LogP contribution in [0.2, 0.25) is 0 Å². The highest BCUT2D eigenvalue weighted by Crippen LogP contribution is 2.60. The molecule has 0 spiro atoms. The van der Waals surface area contributed by atoms with Crippen molar-refractivity contribution < 1.29 is 9.53 Å². The first kappa shape index (κ1) is 14.1. The number of carbonyl (C=O) groups is 1. The van der Waals surface area contributed by atoms with E-state index in [4.69, 9.17) is 4.74 Å². The fourth-order valence-corrected chi connectivity index (χ4v) is 5.43. The number of nitrogens with one attached hydrogen (secondary N) is 1. The van der Waals surface area contributed by atoms with Gasteiger partial charge in [-0.2, -0.15) is 0 Å².